The molecule has 0 radical (unpaired) electrons. The van der Waals surface area contributed by atoms with Gasteiger partial charge in [0.1, 0.15) is 0 Å². The summed E-state index contributed by atoms with van der Waals surface area (Å²) in [6.07, 6.45) is 1.20. The molecule has 1 rings (SSSR count). The minimum atomic E-state index is -3.47. The molecule has 1 amide bonds. The van der Waals surface area contributed by atoms with Gasteiger partial charge >= 0.3 is 0 Å². The minimum absolute atomic E-state index is 0.170. The van der Waals surface area contributed by atoms with Crippen LogP contribution in [0, 0.1) is 0 Å². The first-order valence-electron chi connectivity index (χ1n) is 5.54. The zero-order chi connectivity index (χ0) is 13.4. The molecular weight excluding hydrogens is 256 g/mol. The van der Waals surface area contributed by atoms with E-state index in [0.717, 1.165) is 0 Å². The number of benzene rings is 1. The number of nitrogens with one attached hydrogen (secondary N) is 2. The van der Waals surface area contributed by atoms with Crippen LogP contribution in [0.2, 0.25) is 0 Å². The van der Waals surface area contributed by atoms with Crippen LogP contribution >= 0.6 is 0 Å². The average molecular weight is 272 g/mol. The number of hydrogen-bond donors (Lipinski definition) is 3. The van der Waals surface area contributed by atoms with Gasteiger partial charge in [0.25, 0.3) is 0 Å². The SMILES string of the molecule is O=C(CCCCNS(=O)(=O)c1ccccc1)NO. The van der Waals surface area contributed by atoms with Crippen LogP contribution in [-0.4, -0.2) is 26.1 Å². The van der Waals surface area contributed by atoms with Crippen molar-refractivity contribution in [1.82, 2.24) is 10.2 Å². The van der Waals surface area contributed by atoms with Crippen molar-refractivity contribution in [2.45, 2.75) is 24.2 Å². The molecular formula is C11H16N2O4S. The van der Waals surface area contributed by atoms with Gasteiger partial charge in [-0.2, -0.15) is 0 Å². The van der Waals surface area contributed by atoms with Gasteiger partial charge < -0.3 is 0 Å². The van der Waals surface area contributed by atoms with Crippen molar-refractivity contribution >= 4 is 15.9 Å². The van der Waals surface area contributed by atoms with Gasteiger partial charge in [-0.1, -0.05) is 18.2 Å². The van der Waals surface area contributed by atoms with Gasteiger partial charge in [-0.3, -0.25) is 10.0 Å². The van der Waals surface area contributed by atoms with E-state index in [1.807, 2.05) is 0 Å². The van der Waals surface area contributed by atoms with Crippen LogP contribution < -0.4 is 10.2 Å². The van der Waals surface area contributed by atoms with Crippen molar-refractivity contribution in [3.05, 3.63) is 30.3 Å². The highest BCUT2D eigenvalue weighted by Crippen LogP contribution is 2.07. The first-order valence-corrected chi connectivity index (χ1v) is 7.02. The zero-order valence-electron chi connectivity index (χ0n) is 9.80. The highest BCUT2D eigenvalue weighted by atomic mass is 32.2. The summed E-state index contributed by atoms with van der Waals surface area (Å²) in [6, 6.07) is 8.08. The fraction of sp³-hybridized carbons (Fsp3) is 0.364. The summed E-state index contributed by atoms with van der Waals surface area (Å²) in [5.74, 6) is -0.471. The summed E-state index contributed by atoms with van der Waals surface area (Å²) in [5.41, 5.74) is 1.52. The highest BCUT2D eigenvalue weighted by molar-refractivity contribution is 7.89. The molecule has 0 spiro atoms. The third-order valence-electron chi connectivity index (χ3n) is 2.30. The first-order chi connectivity index (χ1) is 8.56. The monoisotopic (exact) mass is 272 g/mol. The van der Waals surface area contributed by atoms with Crippen LogP contribution in [0.4, 0.5) is 0 Å². The van der Waals surface area contributed by atoms with E-state index in [-0.39, 0.29) is 17.9 Å². The standard InChI is InChI=1S/C11H16N2O4S/c14-11(13-15)8-4-5-9-12-18(16,17)10-6-2-1-3-7-10/h1-3,6-7,12,15H,4-5,8-9H2,(H,13,14). The molecule has 0 aromatic heterocycles. The Hall–Kier alpha value is -1.44. The largest absolute Gasteiger partial charge is 0.289 e. The fourth-order valence-corrected chi connectivity index (χ4v) is 2.45. The minimum Gasteiger partial charge on any atom is -0.289 e. The Kier molecular flexibility index (Phi) is 5.76. The third kappa shape index (κ3) is 4.82. The third-order valence-corrected chi connectivity index (χ3v) is 3.78. The Morgan fingerprint density at radius 3 is 2.44 bits per heavy atom. The normalized spacial score (nSPS) is 11.2. The van der Waals surface area contributed by atoms with Crippen molar-refractivity contribution in [3.63, 3.8) is 0 Å². The Morgan fingerprint density at radius 2 is 1.83 bits per heavy atom. The van der Waals surface area contributed by atoms with Crippen LogP contribution in [0.5, 0.6) is 0 Å². The van der Waals surface area contributed by atoms with E-state index in [9.17, 15) is 13.2 Å². The van der Waals surface area contributed by atoms with Gasteiger partial charge in [0.2, 0.25) is 15.9 Å². The van der Waals surface area contributed by atoms with Gasteiger partial charge in [0.15, 0.2) is 0 Å². The summed E-state index contributed by atoms with van der Waals surface area (Å²) in [5, 5.41) is 8.26. The van der Waals surface area contributed by atoms with E-state index in [1.54, 1.807) is 18.2 Å². The van der Waals surface area contributed by atoms with Crippen molar-refractivity contribution in [3.8, 4) is 0 Å². The lowest BCUT2D eigenvalue weighted by Gasteiger charge is -2.06. The van der Waals surface area contributed by atoms with Gasteiger partial charge in [0.05, 0.1) is 4.90 Å². The van der Waals surface area contributed by atoms with Crippen molar-refractivity contribution in [2.24, 2.45) is 0 Å². The number of sulfonamides is 1. The summed E-state index contributed by atoms with van der Waals surface area (Å²) in [6.45, 7) is 0.260. The van der Waals surface area contributed by atoms with Crippen molar-refractivity contribution < 1.29 is 18.4 Å². The van der Waals surface area contributed by atoms with Gasteiger partial charge in [-0.25, -0.2) is 18.6 Å². The zero-order valence-corrected chi connectivity index (χ0v) is 10.6. The molecule has 0 saturated carbocycles. The molecule has 0 atom stereocenters. The summed E-state index contributed by atoms with van der Waals surface area (Å²) >= 11 is 0. The molecule has 0 bridgehead atoms. The second-order valence-corrected chi connectivity index (χ2v) is 5.47. The number of hydroxylamine groups is 1. The summed E-state index contributed by atoms with van der Waals surface area (Å²) in [4.78, 5) is 10.9. The van der Waals surface area contributed by atoms with E-state index in [4.69, 9.17) is 5.21 Å². The molecule has 0 heterocycles. The molecule has 1 aromatic rings. The molecule has 1 aromatic carbocycles. The maximum absolute atomic E-state index is 11.8. The fourth-order valence-electron chi connectivity index (χ4n) is 1.36. The van der Waals surface area contributed by atoms with E-state index in [2.05, 4.69) is 4.72 Å². The van der Waals surface area contributed by atoms with Gasteiger partial charge in [0, 0.05) is 13.0 Å². The number of carbonyl (C=O) groups is 1. The quantitative estimate of drug-likeness (QED) is 0.385. The predicted molar refractivity (Wildman–Crippen MR) is 65.4 cm³/mol. The Bertz CT molecular complexity index is 473. The van der Waals surface area contributed by atoms with E-state index < -0.39 is 15.9 Å². The Morgan fingerprint density at radius 1 is 1.17 bits per heavy atom. The molecule has 0 fully saturated rings. The number of amides is 1. The maximum Gasteiger partial charge on any atom is 0.243 e. The van der Waals surface area contributed by atoms with Gasteiger partial charge in [-0.15, -0.1) is 0 Å². The average Bonchev–Trinajstić information content (AvgIpc) is 2.39. The summed E-state index contributed by atoms with van der Waals surface area (Å²) < 4.78 is 26.0. The van der Waals surface area contributed by atoms with Crippen LogP contribution in [0.1, 0.15) is 19.3 Å². The number of hydrogen-bond acceptors (Lipinski definition) is 4. The molecule has 0 aliphatic heterocycles. The van der Waals surface area contributed by atoms with E-state index in [0.29, 0.717) is 12.8 Å². The second kappa shape index (κ2) is 7.10. The maximum atomic E-state index is 11.8. The number of carbonyl (C=O) groups excluding carboxylic acids is 1. The summed E-state index contributed by atoms with van der Waals surface area (Å²) in [7, 11) is -3.47. The Labute approximate surface area is 106 Å². The number of unbranched alkanes of at least 4 members (excludes halogenated alkanes) is 1. The molecule has 100 valence electrons. The molecule has 0 saturated heterocycles. The lowest BCUT2D eigenvalue weighted by atomic mass is 10.2. The molecule has 3 N–H and O–H groups in total. The van der Waals surface area contributed by atoms with Crippen LogP contribution in [0.3, 0.4) is 0 Å². The van der Waals surface area contributed by atoms with Crippen LogP contribution in [0.15, 0.2) is 35.2 Å². The number of rotatable bonds is 7. The van der Waals surface area contributed by atoms with E-state index >= 15 is 0 Å². The van der Waals surface area contributed by atoms with Gasteiger partial charge in [-0.05, 0) is 25.0 Å². The molecule has 7 heteroatoms. The lowest BCUT2D eigenvalue weighted by Crippen LogP contribution is -2.25. The van der Waals surface area contributed by atoms with Crippen molar-refractivity contribution in [1.29, 1.82) is 0 Å². The first kappa shape index (κ1) is 14.6. The van der Waals surface area contributed by atoms with Crippen LogP contribution in [0.25, 0.3) is 0 Å². The topological polar surface area (TPSA) is 95.5 Å². The smallest absolute Gasteiger partial charge is 0.243 e. The molecule has 0 aliphatic rings. The van der Waals surface area contributed by atoms with Crippen LogP contribution in [-0.2, 0) is 14.8 Å². The Balaban J connectivity index is 2.33. The molecule has 0 aliphatic carbocycles. The highest BCUT2D eigenvalue weighted by Gasteiger charge is 2.11. The second-order valence-electron chi connectivity index (χ2n) is 3.70. The van der Waals surface area contributed by atoms with E-state index in [1.165, 1.54) is 17.6 Å². The lowest BCUT2D eigenvalue weighted by molar-refractivity contribution is -0.129. The molecule has 0 unspecified atom stereocenters. The van der Waals surface area contributed by atoms with Crippen molar-refractivity contribution in [2.75, 3.05) is 6.54 Å². The molecule has 6 nitrogen and oxygen atoms in total. The predicted octanol–water partition coefficient (Wildman–Crippen LogP) is 0.641. The molecule has 18 heavy (non-hydrogen) atoms.